The Balaban J connectivity index is 2.21. The maximum absolute atomic E-state index is 12.5. The average molecular weight is 346 g/mol. The van der Waals surface area contributed by atoms with Crippen molar-refractivity contribution in [3.63, 3.8) is 0 Å². The smallest absolute Gasteiger partial charge is 0.261 e. The molecule has 0 atom stereocenters. The molecule has 0 aliphatic heterocycles. The molecule has 0 aliphatic carbocycles. The van der Waals surface area contributed by atoms with Crippen LogP contribution in [0.25, 0.3) is 0 Å². The minimum absolute atomic E-state index is 0.0394. The third kappa shape index (κ3) is 4.09. The van der Waals surface area contributed by atoms with E-state index < -0.39 is 10.0 Å². The van der Waals surface area contributed by atoms with Crippen molar-refractivity contribution in [2.45, 2.75) is 37.5 Å². The lowest BCUT2D eigenvalue weighted by atomic mass is 9.82. The van der Waals surface area contributed by atoms with Gasteiger partial charge in [0, 0.05) is 25.5 Å². The Kier molecular flexibility index (Phi) is 5.23. The van der Waals surface area contributed by atoms with E-state index in [0.29, 0.717) is 5.69 Å². The van der Waals surface area contributed by atoms with E-state index in [1.165, 1.54) is 0 Å². The largest absolute Gasteiger partial charge is 0.378 e. The fraction of sp³-hybridized carbons (Fsp3) is 0.368. The Morgan fingerprint density at radius 3 is 1.96 bits per heavy atom. The lowest BCUT2D eigenvalue weighted by Crippen LogP contribution is -2.17. The number of hydrogen-bond donors (Lipinski definition) is 1. The van der Waals surface area contributed by atoms with Crippen molar-refractivity contribution in [1.82, 2.24) is 0 Å². The zero-order chi connectivity index (χ0) is 18.0. The van der Waals surface area contributed by atoms with E-state index in [-0.39, 0.29) is 10.3 Å². The molecule has 0 saturated carbocycles. The zero-order valence-electron chi connectivity index (χ0n) is 15.0. The molecule has 0 fully saturated rings. The van der Waals surface area contributed by atoms with Gasteiger partial charge in [-0.25, -0.2) is 8.42 Å². The van der Waals surface area contributed by atoms with E-state index in [1.54, 1.807) is 24.3 Å². The molecule has 4 nitrogen and oxygen atoms in total. The summed E-state index contributed by atoms with van der Waals surface area (Å²) in [7, 11) is 0.307. The van der Waals surface area contributed by atoms with Crippen LogP contribution in [0.4, 0.5) is 11.4 Å². The van der Waals surface area contributed by atoms with Crippen LogP contribution in [0, 0.1) is 0 Å². The number of benzene rings is 2. The first kappa shape index (κ1) is 18.3. The van der Waals surface area contributed by atoms with Crippen LogP contribution in [0.5, 0.6) is 0 Å². The van der Waals surface area contributed by atoms with E-state index >= 15 is 0 Å². The van der Waals surface area contributed by atoms with E-state index in [2.05, 4.69) is 25.5 Å². The molecule has 1 N–H and O–H groups in total. The quantitative estimate of drug-likeness (QED) is 0.851. The Bertz CT molecular complexity index is 777. The summed E-state index contributed by atoms with van der Waals surface area (Å²) in [5.41, 5.74) is 2.75. The molecule has 0 aliphatic rings. The number of sulfonamides is 1. The predicted octanol–water partition coefficient (Wildman–Crippen LogP) is 4.24. The average Bonchev–Trinajstić information content (AvgIpc) is 2.55. The normalized spacial score (nSPS) is 12.0. The maximum atomic E-state index is 12.5. The molecule has 5 heteroatoms. The predicted molar refractivity (Wildman–Crippen MR) is 101 cm³/mol. The molecule has 130 valence electrons. The number of hydrogen-bond acceptors (Lipinski definition) is 3. The van der Waals surface area contributed by atoms with Crippen LogP contribution in [-0.4, -0.2) is 22.5 Å². The van der Waals surface area contributed by atoms with Gasteiger partial charge < -0.3 is 4.90 Å². The fourth-order valence-electron chi connectivity index (χ4n) is 2.33. The molecule has 0 radical (unpaired) electrons. The molecule has 0 aromatic heterocycles. The number of nitrogens with one attached hydrogen (secondary N) is 1. The summed E-state index contributed by atoms with van der Waals surface area (Å²) < 4.78 is 27.7. The Hall–Kier alpha value is -2.01. The van der Waals surface area contributed by atoms with Crippen molar-refractivity contribution in [2.24, 2.45) is 0 Å². The van der Waals surface area contributed by atoms with Gasteiger partial charge in [0.2, 0.25) is 0 Å². The van der Waals surface area contributed by atoms with Crippen molar-refractivity contribution in [1.29, 1.82) is 0 Å². The van der Waals surface area contributed by atoms with Crippen molar-refractivity contribution in [2.75, 3.05) is 23.7 Å². The number of nitrogens with zero attached hydrogens (tertiary/aromatic N) is 1. The van der Waals surface area contributed by atoms with Crippen LogP contribution in [0.2, 0.25) is 0 Å². The molecule has 24 heavy (non-hydrogen) atoms. The Morgan fingerprint density at radius 1 is 0.958 bits per heavy atom. The minimum Gasteiger partial charge on any atom is -0.378 e. The highest BCUT2D eigenvalue weighted by Crippen LogP contribution is 2.28. The van der Waals surface area contributed by atoms with Crippen molar-refractivity contribution in [3.05, 3.63) is 54.1 Å². The highest BCUT2D eigenvalue weighted by Gasteiger charge is 2.20. The second kappa shape index (κ2) is 6.85. The molecule has 0 unspecified atom stereocenters. The molecule has 0 spiro atoms. The highest BCUT2D eigenvalue weighted by molar-refractivity contribution is 7.92. The molecule has 0 bridgehead atoms. The van der Waals surface area contributed by atoms with Crippen molar-refractivity contribution in [3.8, 4) is 0 Å². The molecular weight excluding hydrogens is 320 g/mol. The third-order valence-electron chi connectivity index (χ3n) is 4.47. The van der Waals surface area contributed by atoms with Crippen molar-refractivity contribution >= 4 is 21.4 Å². The molecule has 0 heterocycles. The molecule has 2 aromatic carbocycles. The van der Waals surface area contributed by atoms with Crippen LogP contribution < -0.4 is 9.62 Å². The lowest BCUT2D eigenvalue weighted by molar-refractivity contribution is 0.506. The summed E-state index contributed by atoms with van der Waals surface area (Å²) >= 11 is 0. The van der Waals surface area contributed by atoms with Crippen LogP contribution >= 0.6 is 0 Å². The molecule has 0 saturated heterocycles. The first-order valence-corrected chi connectivity index (χ1v) is 9.55. The van der Waals surface area contributed by atoms with E-state index in [9.17, 15) is 8.42 Å². The third-order valence-corrected chi connectivity index (χ3v) is 5.86. The van der Waals surface area contributed by atoms with Gasteiger partial charge in [0.1, 0.15) is 0 Å². The second-order valence-electron chi connectivity index (χ2n) is 6.81. The van der Waals surface area contributed by atoms with Gasteiger partial charge in [-0.1, -0.05) is 32.9 Å². The van der Waals surface area contributed by atoms with Gasteiger partial charge in [0.25, 0.3) is 10.0 Å². The maximum Gasteiger partial charge on any atom is 0.261 e. The van der Waals surface area contributed by atoms with Gasteiger partial charge in [-0.15, -0.1) is 0 Å². The second-order valence-corrected chi connectivity index (χ2v) is 8.49. The monoisotopic (exact) mass is 346 g/mol. The van der Waals surface area contributed by atoms with E-state index in [1.807, 2.05) is 43.3 Å². The first-order valence-electron chi connectivity index (χ1n) is 8.06. The molecular formula is C19H26N2O2S. The van der Waals surface area contributed by atoms with Gasteiger partial charge in [-0.05, 0) is 53.8 Å². The summed E-state index contributed by atoms with van der Waals surface area (Å²) in [6.45, 7) is 6.44. The lowest BCUT2D eigenvalue weighted by Gasteiger charge is -2.23. The summed E-state index contributed by atoms with van der Waals surface area (Å²) in [5.74, 6) is 0. The minimum atomic E-state index is -3.58. The molecule has 2 rings (SSSR count). The topological polar surface area (TPSA) is 49.4 Å². The van der Waals surface area contributed by atoms with Gasteiger partial charge >= 0.3 is 0 Å². The van der Waals surface area contributed by atoms with E-state index in [4.69, 9.17) is 0 Å². The summed E-state index contributed by atoms with van der Waals surface area (Å²) in [4.78, 5) is 2.24. The van der Waals surface area contributed by atoms with Gasteiger partial charge in [-0.2, -0.15) is 0 Å². The highest BCUT2D eigenvalue weighted by atomic mass is 32.2. The summed E-state index contributed by atoms with van der Waals surface area (Å²) in [6.07, 6.45) is 0.996. The SMILES string of the molecule is CCC(C)(C)c1ccc(S(=O)(=O)Nc2ccc(N(C)C)cc2)cc1. The van der Waals surface area contributed by atoms with Crippen LogP contribution in [0.15, 0.2) is 53.4 Å². The summed E-state index contributed by atoms with van der Waals surface area (Å²) in [5, 5.41) is 0. The number of anilines is 2. The number of rotatable bonds is 6. The Morgan fingerprint density at radius 2 is 1.50 bits per heavy atom. The standard InChI is InChI=1S/C19H26N2O2S/c1-6-19(2,3)15-7-13-18(14-8-15)24(22,23)20-16-9-11-17(12-10-16)21(4)5/h7-14,20H,6H2,1-5H3. The summed E-state index contributed by atoms with van der Waals surface area (Å²) in [6, 6.07) is 14.4. The van der Waals surface area contributed by atoms with Crippen LogP contribution in [0.3, 0.4) is 0 Å². The molecule has 2 aromatic rings. The first-order chi connectivity index (χ1) is 11.2. The fourth-order valence-corrected chi connectivity index (χ4v) is 3.39. The van der Waals surface area contributed by atoms with Crippen molar-refractivity contribution < 1.29 is 8.42 Å². The Labute approximate surface area is 145 Å². The van der Waals surface area contributed by atoms with Crippen LogP contribution in [0.1, 0.15) is 32.8 Å². The van der Waals surface area contributed by atoms with E-state index in [0.717, 1.165) is 17.7 Å². The van der Waals surface area contributed by atoms with Crippen LogP contribution in [-0.2, 0) is 15.4 Å². The van der Waals surface area contributed by atoms with Gasteiger partial charge in [0.05, 0.1) is 4.90 Å². The molecule has 0 amide bonds. The van der Waals surface area contributed by atoms with Gasteiger partial charge in [-0.3, -0.25) is 4.72 Å². The van der Waals surface area contributed by atoms with Gasteiger partial charge in [0.15, 0.2) is 0 Å². The zero-order valence-corrected chi connectivity index (χ0v) is 15.8.